The second-order valence-corrected chi connectivity index (χ2v) is 6.39. The first kappa shape index (κ1) is 17.5. The van der Waals surface area contributed by atoms with Crippen LogP contribution >= 0.6 is 27.5 Å². The summed E-state index contributed by atoms with van der Waals surface area (Å²) >= 11 is 9.39. The van der Waals surface area contributed by atoms with Crippen molar-refractivity contribution in [2.24, 2.45) is 0 Å². The highest BCUT2D eigenvalue weighted by molar-refractivity contribution is 9.10. The van der Waals surface area contributed by atoms with Crippen LogP contribution in [-0.4, -0.2) is 17.9 Å². The van der Waals surface area contributed by atoms with Gasteiger partial charge in [0.2, 0.25) is 5.91 Å². The number of carbonyl (C=O) groups is 2. The van der Waals surface area contributed by atoms with Crippen LogP contribution < -0.4 is 10.6 Å². The van der Waals surface area contributed by atoms with Gasteiger partial charge in [-0.15, -0.1) is 0 Å². The molecule has 0 aromatic heterocycles. The lowest BCUT2D eigenvalue weighted by molar-refractivity contribution is -0.117. The normalized spacial score (nSPS) is 11.7. The molecule has 120 valence electrons. The van der Waals surface area contributed by atoms with Crippen LogP contribution in [0.15, 0.2) is 46.9 Å². The second kappa shape index (κ2) is 7.62. The van der Waals surface area contributed by atoms with Crippen molar-refractivity contribution in [2.45, 2.75) is 19.9 Å². The van der Waals surface area contributed by atoms with Gasteiger partial charge in [0.05, 0.1) is 10.6 Å². The molecule has 2 rings (SSSR count). The van der Waals surface area contributed by atoms with E-state index >= 15 is 0 Å². The Balaban J connectivity index is 2.01. The van der Waals surface area contributed by atoms with Gasteiger partial charge < -0.3 is 10.6 Å². The molecule has 0 saturated heterocycles. The summed E-state index contributed by atoms with van der Waals surface area (Å²) < 4.78 is 0.968. The molecule has 0 heterocycles. The molecular weight excluding hydrogens is 380 g/mol. The van der Waals surface area contributed by atoms with Gasteiger partial charge in [-0.1, -0.05) is 39.7 Å². The zero-order valence-corrected chi connectivity index (χ0v) is 15.0. The fourth-order valence-electron chi connectivity index (χ4n) is 1.96. The predicted molar refractivity (Wildman–Crippen MR) is 95.9 cm³/mol. The van der Waals surface area contributed by atoms with E-state index in [0.717, 1.165) is 10.0 Å². The Morgan fingerprint density at radius 1 is 1.17 bits per heavy atom. The fourth-order valence-corrected chi connectivity index (χ4v) is 2.43. The van der Waals surface area contributed by atoms with Crippen LogP contribution in [0.2, 0.25) is 5.02 Å². The first-order chi connectivity index (χ1) is 10.9. The minimum Gasteiger partial charge on any atom is -0.340 e. The summed E-state index contributed by atoms with van der Waals surface area (Å²) in [5, 5.41) is 5.76. The monoisotopic (exact) mass is 394 g/mol. The van der Waals surface area contributed by atoms with E-state index in [1.165, 1.54) is 0 Å². The van der Waals surface area contributed by atoms with E-state index in [4.69, 9.17) is 11.6 Å². The third kappa shape index (κ3) is 4.56. The number of aryl methyl sites for hydroxylation is 1. The Morgan fingerprint density at radius 2 is 1.87 bits per heavy atom. The molecular formula is C17H16BrClN2O2. The summed E-state index contributed by atoms with van der Waals surface area (Å²) in [6.45, 7) is 3.55. The van der Waals surface area contributed by atoms with Gasteiger partial charge in [-0.05, 0) is 49.7 Å². The number of amides is 2. The minimum atomic E-state index is -0.692. The molecule has 0 aliphatic carbocycles. The van der Waals surface area contributed by atoms with Crippen LogP contribution in [0, 0.1) is 6.92 Å². The Morgan fingerprint density at radius 3 is 2.52 bits per heavy atom. The van der Waals surface area contributed by atoms with Crippen molar-refractivity contribution in [3.05, 3.63) is 63.1 Å². The Labute approximate surface area is 148 Å². The van der Waals surface area contributed by atoms with Gasteiger partial charge in [-0.3, -0.25) is 9.59 Å². The maximum atomic E-state index is 12.2. The molecule has 2 N–H and O–H groups in total. The van der Waals surface area contributed by atoms with E-state index in [0.29, 0.717) is 16.3 Å². The topological polar surface area (TPSA) is 58.2 Å². The molecule has 1 atom stereocenters. The van der Waals surface area contributed by atoms with Crippen LogP contribution in [0.5, 0.6) is 0 Å². The zero-order valence-electron chi connectivity index (χ0n) is 12.7. The summed E-state index contributed by atoms with van der Waals surface area (Å²) in [5.74, 6) is -0.683. The molecule has 0 spiro atoms. The van der Waals surface area contributed by atoms with E-state index in [1.54, 1.807) is 37.3 Å². The Hall–Kier alpha value is -1.85. The van der Waals surface area contributed by atoms with Crippen molar-refractivity contribution in [3.63, 3.8) is 0 Å². The summed E-state index contributed by atoms with van der Waals surface area (Å²) in [6.07, 6.45) is 0. The molecule has 0 bridgehead atoms. The molecule has 1 unspecified atom stereocenters. The molecule has 0 saturated carbocycles. The van der Waals surface area contributed by atoms with Gasteiger partial charge in [0.25, 0.3) is 5.91 Å². The second-order valence-electron chi connectivity index (χ2n) is 5.13. The standard InChI is InChI=1S/C17H16BrClN2O2/c1-10-9-12(7-8-14(10)18)21-16(22)11(2)20-17(23)13-5-3-4-6-15(13)19/h3-9,11H,1-2H3,(H,20,23)(H,21,22). The largest absolute Gasteiger partial charge is 0.340 e. The molecule has 23 heavy (non-hydrogen) atoms. The van der Waals surface area contributed by atoms with Crippen molar-refractivity contribution in [2.75, 3.05) is 5.32 Å². The van der Waals surface area contributed by atoms with Gasteiger partial charge >= 0.3 is 0 Å². The van der Waals surface area contributed by atoms with E-state index in [-0.39, 0.29) is 11.8 Å². The summed E-state index contributed by atoms with van der Waals surface area (Å²) in [7, 11) is 0. The smallest absolute Gasteiger partial charge is 0.253 e. The lowest BCUT2D eigenvalue weighted by Crippen LogP contribution is -2.41. The number of carbonyl (C=O) groups excluding carboxylic acids is 2. The number of benzene rings is 2. The average Bonchev–Trinajstić information content (AvgIpc) is 2.51. The summed E-state index contributed by atoms with van der Waals surface area (Å²) in [4.78, 5) is 24.3. The minimum absolute atomic E-state index is 0.299. The van der Waals surface area contributed by atoms with Crippen molar-refractivity contribution in [1.29, 1.82) is 0 Å². The SMILES string of the molecule is Cc1cc(NC(=O)C(C)NC(=O)c2ccccc2Cl)ccc1Br. The van der Waals surface area contributed by atoms with Gasteiger partial charge in [0.1, 0.15) is 6.04 Å². The maximum absolute atomic E-state index is 12.2. The number of rotatable bonds is 4. The summed E-state index contributed by atoms with van der Waals surface area (Å²) in [5.41, 5.74) is 2.03. The lowest BCUT2D eigenvalue weighted by Gasteiger charge is -2.15. The predicted octanol–water partition coefficient (Wildman–Crippen LogP) is 4.17. The van der Waals surface area contributed by atoms with Crippen LogP contribution in [-0.2, 0) is 4.79 Å². The zero-order chi connectivity index (χ0) is 17.0. The van der Waals surface area contributed by atoms with E-state index < -0.39 is 6.04 Å². The first-order valence-electron chi connectivity index (χ1n) is 7.01. The molecule has 2 aromatic rings. The number of hydrogen-bond acceptors (Lipinski definition) is 2. The van der Waals surface area contributed by atoms with Gasteiger partial charge in [0, 0.05) is 10.2 Å². The molecule has 6 heteroatoms. The Bertz CT molecular complexity index is 749. The molecule has 2 aromatic carbocycles. The quantitative estimate of drug-likeness (QED) is 0.816. The van der Waals surface area contributed by atoms with Crippen LogP contribution in [0.1, 0.15) is 22.8 Å². The highest BCUT2D eigenvalue weighted by Crippen LogP contribution is 2.20. The average molecular weight is 396 g/mol. The molecule has 0 radical (unpaired) electrons. The van der Waals surface area contributed by atoms with Crippen LogP contribution in [0.4, 0.5) is 5.69 Å². The number of anilines is 1. The number of hydrogen-bond donors (Lipinski definition) is 2. The van der Waals surface area contributed by atoms with E-state index in [2.05, 4.69) is 26.6 Å². The van der Waals surface area contributed by atoms with Crippen molar-refractivity contribution < 1.29 is 9.59 Å². The lowest BCUT2D eigenvalue weighted by atomic mass is 10.2. The van der Waals surface area contributed by atoms with E-state index in [1.807, 2.05) is 19.1 Å². The first-order valence-corrected chi connectivity index (χ1v) is 8.18. The van der Waals surface area contributed by atoms with Gasteiger partial charge in [-0.25, -0.2) is 0 Å². The molecule has 0 aliphatic heterocycles. The van der Waals surface area contributed by atoms with Crippen LogP contribution in [0.25, 0.3) is 0 Å². The third-order valence-corrected chi connectivity index (χ3v) is 4.50. The van der Waals surface area contributed by atoms with Gasteiger partial charge in [-0.2, -0.15) is 0 Å². The molecule has 4 nitrogen and oxygen atoms in total. The highest BCUT2D eigenvalue weighted by Gasteiger charge is 2.18. The summed E-state index contributed by atoms with van der Waals surface area (Å²) in [6, 6.07) is 11.5. The fraction of sp³-hybridized carbons (Fsp3) is 0.176. The van der Waals surface area contributed by atoms with Crippen molar-refractivity contribution in [3.8, 4) is 0 Å². The highest BCUT2D eigenvalue weighted by atomic mass is 79.9. The molecule has 0 aliphatic rings. The van der Waals surface area contributed by atoms with Gasteiger partial charge in [0.15, 0.2) is 0 Å². The maximum Gasteiger partial charge on any atom is 0.253 e. The van der Waals surface area contributed by atoms with Crippen molar-refractivity contribution in [1.82, 2.24) is 5.32 Å². The van der Waals surface area contributed by atoms with Crippen LogP contribution in [0.3, 0.4) is 0 Å². The third-order valence-electron chi connectivity index (χ3n) is 3.28. The number of nitrogens with one attached hydrogen (secondary N) is 2. The number of halogens is 2. The molecule has 2 amide bonds. The Kier molecular flexibility index (Phi) is 5.80. The molecule has 0 fully saturated rings. The van der Waals surface area contributed by atoms with E-state index in [9.17, 15) is 9.59 Å². The van der Waals surface area contributed by atoms with Crippen molar-refractivity contribution >= 4 is 45.0 Å².